The van der Waals surface area contributed by atoms with Gasteiger partial charge in [0.15, 0.2) is 13.2 Å². The molecular formula is C22H25NO6. The largest absolute Gasteiger partial charge is 0.482 e. The van der Waals surface area contributed by atoms with Gasteiger partial charge in [-0.3, -0.25) is 4.79 Å². The van der Waals surface area contributed by atoms with E-state index in [4.69, 9.17) is 14.2 Å². The van der Waals surface area contributed by atoms with Crippen LogP contribution in [0.5, 0.6) is 5.75 Å². The van der Waals surface area contributed by atoms with Crippen molar-refractivity contribution >= 4 is 23.5 Å². The molecule has 0 aliphatic rings. The molecular weight excluding hydrogens is 374 g/mol. The summed E-state index contributed by atoms with van der Waals surface area (Å²) in [6.07, 6.45) is -0.212. The highest BCUT2D eigenvalue weighted by atomic mass is 16.6. The van der Waals surface area contributed by atoms with Crippen LogP contribution in [0.2, 0.25) is 0 Å². The average molecular weight is 399 g/mol. The van der Waals surface area contributed by atoms with Crippen molar-refractivity contribution in [1.29, 1.82) is 0 Å². The van der Waals surface area contributed by atoms with Gasteiger partial charge in [-0.05, 0) is 75.2 Å². The van der Waals surface area contributed by atoms with Gasteiger partial charge >= 0.3 is 11.9 Å². The number of ether oxygens (including phenoxy) is 3. The van der Waals surface area contributed by atoms with Gasteiger partial charge in [0.05, 0.1) is 11.7 Å². The van der Waals surface area contributed by atoms with E-state index in [-0.39, 0.29) is 12.7 Å². The number of rotatable bonds is 8. The molecule has 1 amide bonds. The summed E-state index contributed by atoms with van der Waals surface area (Å²) in [5, 5.41) is 2.58. The summed E-state index contributed by atoms with van der Waals surface area (Å²) in [7, 11) is 0. The molecule has 2 rings (SSSR count). The van der Waals surface area contributed by atoms with Crippen LogP contribution >= 0.6 is 0 Å². The first-order valence-electron chi connectivity index (χ1n) is 9.21. The van der Waals surface area contributed by atoms with Crippen molar-refractivity contribution in [3.8, 4) is 5.75 Å². The summed E-state index contributed by atoms with van der Waals surface area (Å²) >= 11 is 0. The first kappa shape index (κ1) is 21.9. The fraction of sp³-hybridized carbons (Fsp3) is 0.318. The van der Waals surface area contributed by atoms with E-state index in [2.05, 4.69) is 5.32 Å². The number of nitrogens with one attached hydrogen (secondary N) is 1. The van der Waals surface area contributed by atoms with Crippen molar-refractivity contribution in [2.45, 2.75) is 33.8 Å². The fourth-order valence-electron chi connectivity index (χ4n) is 2.30. The Morgan fingerprint density at radius 1 is 0.931 bits per heavy atom. The molecule has 0 saturated carbocycles. The molecule has 0 heterocycles. The third kappa shape index (κ3) is 7.29. The summed E-state index contributed by atoms with van der Waals surface area (Å²) in [6.45, 7) is 6.73. The molecule has 2 aromatic carbocycles. The van der Waals surface area contributed by atoms with Gasteiger partial charge < -0.3 is 19.5 Å². The second-order valence-electron chi connectivity index (χ2n) is 6.78. The van der Waals surface area contributed by atoms with Gasteiger partial charge in [-0.2, -0.15) is 0 Å². The smallest absolute Gasteiger partial charge is 0.344 e. The monoisotopic (exact) mass is 399 g/mol. The standard InChI is InChI=1S/C22H25NO6/c1-14(2)29-22(26)17-6-8-18(9-7-17)23-20(24)12-28-21(25)13-27-19-10-5-15(3)16(4)11-19/h5-11,14H,12-13H2,1-4H3,(H,23,24). The number of hydrogen-bond donors (Lipinski definition) is 1. The number of anilines is 1. The molecule has 7 heteroatoms. The minimum atomic E-state index is -0.648. The van der Waals surface area contributed by atoms with Crippen molar-refractivity contribution in [3.05, 3.63) is 59.2 Å². The van der Waals surface area contributed by atoms with Gasteiger partial charge in [-0.25, -0.2) is 9.59 Å². The van der Waals surface area contributed by atoms with Crippen molar-refractivity contribution in [3.63, 3.8) is 0 Å². The summed E-state index contributed by atoms with van der Waals surface area (Å²) < 4.78 is 15.4. The lowest BCUT2D eigenvalue weighted by Gasteiger charge is -2.10. The molecule has 0 saturated heterocycles. The summed E-state index contributed by atoms with van der Waals surface area (Å²) in [6, 6.07) is 11.7. The number of esters is 2. The van der Waals surface area contributed by atoms with Crippen molar-refractivity contribution in [2.24, 2.45) is 0 Å². The summed E-state index contributed by atoms with van der Waals surface area (Å²) in [5.41, 5.74) is 3.03. The Morgan fingerprint density at radius 2 is 1.62 bits per heavy atom. The predicted molar refractivity (Wildman–Crippen MR) is 108 cm³/mol. The highest BCUT2D eigenvalue weighted by Gasteiger charge is 2.11. The van der Waals surface area contributed by atoms with Gasteiger partial charge in [-0.15, -0.1) is 0 Å². The molecule has 0 bridgehead atoms. The summed E-state index contributed by atoms with van der Waals surface area (Å²) in [4.78, 5) is 35.5. The fourth-order valence-corrected chi connectivity index (χ4v) is 2.30. The molecule has 2 aromatic rings. The molecule has 0 unspecified atom stereocenters. The Labute approximate surface area is 170 Å². The molecule has 0 aliphatic carbocycles. The highest BCUT2D eigenvalue weighted by molar-refractivity contribution is 5.94. The first-order chi connectivity index (χ1) is 13.7. The SMILES string of the molecule is Cc1ccc(OCC(=O)OCC(=O)Nc2ccc(C(=O)OC(C)C)cc2)cc1C. The third-order valence-electron chi connectivity index (χ3n) is 3.95. The molecule has 0 aliphatic heterocycles. The number of carbonyl (C=O) groups excluding carboxylic acids is 3. The molecule has 0 spiro atoms. The Balaban J connectivity index is 1.75. The van der Waals surface area contributed by atoms with Crippen LogP contribution in [0, 0.1) is 13.8 Å². The van der Waals surface area contributed by atoms with Crippen molar-refractivity contribution in [1.82, 2.24) is 0 Å². The van der Waals surface area contributed by atoms with Gasteiger partial charge in [-0.1, -0.05) is 6.07 Å². The van der Waals surface area contributed by atoms with Crippen molar-refractivity contribution < 1.29 is 28.6 Å². The van der Waals surface area contributed by atoms with Gasteiger partial charge in [0, 0.05) is 5.69 Å². The number of aryl methyl sites for hydroxylation is 2. The maximum Gasteiger partial charge on any atom is 0.344 e. The molecule has 0 fully saturated rings. The second-order valence-corrected chi connectivity index (χ2v) is 6.78. The molecule has 0 aromatic heterocycles. The van der Waals surface area contributed by atoms with Crippen LogP contribution in [-0.2, 0) is 19.1 Å². The zero-order valence-electron chi connectivity index (χ0n) is 17.0. The van der Waals surface area contributed by atoms with Gasteiger partial charge in [0.2, 0.25) is 0 Å². The molecule has 7 nitrogen and oxygen atoms in total. The van der Waals surface area contributed by atoms with Crippen LogP contribution in [0.4, 0.5) is 5.69 Å². The second kappa shape index (κ2) is 10.3. The number of carbonyl (C=O) groups is 3. The topological polar surface area (TPSA) is 90.9 Å². The Morgan fingerprint density at radius 3 is 2.24 bits per heavy atom. The van der Waals surface area contributed by atoms with Crippen molar-refractivity contribution in [2.75, 3.05) is 18.5 Å². The van der Waals surface area contributed by atoms with Crippen LogP contribution in [-0.4, -0.2) is 37.2 Å². The zero-order valence-corrected chi connectivity index (χ0v) is 17.0. The van der Waals surface area contributed by atoms with E-state index in [1.807, 2.05) is 26.0 Å². The van der Waals surface area contributed by atoms with E-state index in [1.54, 1.807) is 44.2 Å². The van der Waals surface area contributed by atoms with Crippen LogP contribution < -0.4 is 10.1 Å². The maximum atomic E-state index is 11.9. The van der Waals surface area contributed by atoms with Crippen LogP contribution in [0.3, 0.4) is 0 Å². The number of amides is 1. The van der Waals surface area contributed by atoms with E-state index >= 15 is 0 Å². The molecule has 0 radical (unpaired) electrons. The predicted octanol–water partition coefficient (Wildman–Crippen LogP) is 3.43. The lowest BCUT2D eigenvalue weighted by Crippen LogP contribution is -2.23. The van der Waals surface area contributed by atoms with Gasteiger partial charge in [0.25, 0.3) is 5.91 Å². The van der Waals surface area contributed by atoms with Crippen LogP contribution in [0.15, 0.2) is 42.5 Å². The van der Waals surface area contributed by atoms with E-state index < -0.39 is 24.5 Å². The minimum Gasteiger partial charge on any atom is -0.482 e. The van der Waals surface area contributed by atoms with E-state index in [0.717, 1.165) is 11.1 Å². The van der Waals surface area contributed by atoms with Crippen LogP contribution in [0.25, 0.3) is 0 Å². The van der Waals surface area contributed by atoms with E-state index in [1.165, 1.54) is 0 Å². The normalized spacial score (nSPS) is 10.4. The third-order valence-corrected chi connectivity index (χ3v) is 3.95. The molecule has 0 atom stereocenters. The first-order valence-corrected chi connectivity index (χ1v) is 9.21. The van der Waals surface area contributed by atoms with Crippen LogP contribution in [0.1, 0.15) is 35.3 Å². The number of benzene rings is 2. The lowest BCUT2D eigenvalue weighted by atomic mass is 10.1. The molecule has 1 N–H and O–H groups in total. The van der Waals surface area contributed by atoms with E-state index in [9.17, 15) is 14.4 Å². The highest BCUT2D eigenvalue weighted by Crippen LogP contribution is 2.16. The van der Waals surface area contributed by atoms with E-state index in [0.29, 0.717) is 17.0 Å². The Bertz CT molecular complexity index is 873. The average Bonchev–Trinajstić information content (AvgIpc) is 2.67. The Hall–Kier alpha value is -3.35. The number of hydrogen-bond acceptors (Lipinski definition) is 6. The quantitative estimate of drug-likeness (QED) is 0.684. The van der Waals surface area contributed by atoms with Gasteiger partial charge in [0.1, 0.15) is 5.75 Å². The zero-order chi connectivity index (χ0) is 21.4. The minimum absolute atomic E-state index is 0.212. The Kier molecular flexibility index (Phi) is 7.77. The summed E-state index contributed by atoms with van der Waals surface area (Å²) in [5.74, 6) is -1.02. The maximum absolute atomic E-state index is 11.9. The molecule has 154 valence electrons. The lowest BCUT2D eigenvalue weighted by molar-refractivity contribution is -0.149. The molecule has 29 heavy (non-hydrogen) atoms.